The zero-order valence-electron chi connectivity index (χ0n) is 29.4. The van der Waals surface area contributed by atoms with Crippen LogP contribution >= 0.6 is 0 Å². The summed E-state index contributed by atoms with van der Waals surface area (Å²) in [6, 6.07) is 72.2. The number of fused-ring (bicyclic) bond motifs is 10. The van der Waals surface area contributed by atoms with Crippen LogP contribution in [0.25, 0.3) is 87.3 Å². The van der Waals surface area contributed by atoms with Gasteiger partial charge in [0.2, 0.25) is 0 Å². The number of nitrogens with zero attached hydrogens (tertiary/aromatic N) is 1. The Labute approximate surface area is 312 Å². The number of anilines is 3. The highest BCUT2D eigenvalue weighted by atomic mass is 16.3. The van der Waals surface area contributed by atoms with E-state index in [2.05, 4.69) is 205 Å². The second-order valence-corrected chi connectivity index (χ2v) is 14.0. The standard InChI is InChI=1S/C52H33NO/c1-2-13-34(14-3-1)40-18-10-11-22-47(40)53(48-23-12-24-49-51(48)45-32-28-36-16-5-9-21-43(36)52(45)54-49)39-29-25-37(26-30-39)46-33-38-17-6-8-20-42(38)50-41-19-7-4-15-35(41)27-31-44(46)50/h1-33H. The van der Waals surface area contributed by atoms with Crippen LogP contribution in [0.15, 0.2) is 205 Å². The second kappa shape index (κ2) is 12.2. The van der Waals surface area contributed by atoms with Gasteiger partial charge in [0.25, 0.3) is 0 Å². The van der Waals surface area contributed by atoms with Gasteiger partial charge in [0, 0.05) is 22.0 Å². The molecule has 11 rings (SSSR count). The van der Waals surface area contributed by atoms with Gasteiger partial charge in [0.1, 0.15) is 11.2 Å². The molecular weight excluding hydrogens is 655 g/mol. The first kappa shape index (κ1) is 30.5. The largest absolute Gasteiger partial charge is 0.455 e. The number of rotatable bonds is 5. The van der Waals surface area contributed by atoms with E-state index in [-0.39, 0.29) is 0 Å². The SMILES string of the molecule is c1ccc(-c2ccccc2N(c2ccc(-c3cc4ccccc4c4c3ccc3ccccc34)cc2)c2cccc3oc4c5ccccc5ccc4c23)cc1. The molecule has 0 aliphatic heterocycles. The molecule has 0 saturated heterocycles. The van der Waals surface area contributed by atoms with E-state index in [1.54, 1.807) is 0 Å². The van der Waals surface area contributed by atoms with Gasteiger partial charge in [-0.05, 0) is 96.9 Å². The van der Waals surface area contributed by atoms with Gasteiger partial charge in [0.05, 0.1) is 16.8 Å². The van der Waals surface area contributed by atoms with Crippen molar-refractivity contribution in [1.82, 2.24) is 0 Å². The lowest BCUT2D eigenvalue weighted by Crippen LogP contribution is -2.11. The van der Waals surface area contributed by atoms with Gasteiger partial charge in [-0.3, -0.25) is 0 Å². The summed E-state index contributed by atoms with van der Waals surface area (Å²) >= 11 is 0. The summed E-state index contributed by atoms with van der Waals surface area (Å²) in [5, 5.41) is 12.1. The third-order valence-corrected chi connectivity index (χ3v) is 11.0. The first-order chi connectivity index (χ1) is 26.8. The van der Waals surface area contributed by atoms with Gasteiger partial charge in [-0.2, -0.15) is 0 Å². The predicted octanol–water partition coefficient (Wildman–Crippen LogP) is 15.0. The molecule has 0 bridgehead atoms. The van der Waals surface area contributed by atoms with E-state index in [9.17, 15) is 0 Å². The van der Waals surface area contributed by atoms with Gasteiger partial charge < -0.3 is 9.32 Å². The minimum Gasteiger partial charge on any atom is -0.455 e. The lowest BCUT2D eigenvalue weighted by atomic mass is 9.90. The van der Waals surface area contributed by atoms with Crippen molar-refractivity contribution in [1.29, 1.82) is 0 Å². The van der Waals surface area contributed by atoms with Crippen LogP contribution < -0.4 is 4.90 Å². The fourth-order valence-electron chi connectivity index (χ4n) is 8.56. The van der Waals surface area contributed by atoms with Crippen LogP contribution in [0, 0.1) is 0 Å². The van der Waals surface area contributed by atoms with Gasteiger partial charge in [-0.25, -0.2) is 0 Å². The van der Waals surface area contributed by atoms with Gasteiger partial charge >= 0.3 is 0 Å². The summed E-state index contributed by atoms with van der Waals surface area (Å²) in [6.45, 7) is 0. The summed E-state index contributed by atoms with van der Waals surface area (Å²) in [4.78, 5) is 2.41. The normalized spacial score (nSPS) is 11.7. The van der Waals surface area contributed by atoms with Crippen LogP contribution in [-0.4, -0.2) is 0 Å². The second-order valence-electron chi connectivity index (χ2n) is 14.0. The molecule has 0 spiro atoms. The fourth-order valence-corrected chi connectivity index (χ4v) is 8.56. The van der Waals surface area contributed by atoms with Crippen molar-refractivity contribution >= 4 is 82.1 Å². The molecule has 11 aromatic rings. The summed E-state index contributed by atoms with van der Waals surface area (Å²) in [5.74, 6) is 0. The average Bonchev–Trinajstić information content (AvgIpc) is 3.64. The number of hydrogen-bond acceptors (Lipinski definition) is 2. The summed E-state index contributed by atoms with van der Waals surface area (Å²) in [5.41, 5.74) is 9.75. The quantitative estimate of drug-likeness (QED) is 0.168. The summed E-state index contributed by atoms with van der Waals surface area (Å²) in [6.07, 6.45) is 0. The summed E-state index contributed by atoms with van der Waals surface area (Å²) in [7, 11) is 0. The molecule has 0 saturated carbocycles. The molecular formula is C52H33NO. The molecule has 2 nitrogen and oxygen atoms in total. The zero-order chi connectivity index (χ0) is 35.6. The molecule has 0 aliphatic carbocycles. The van der Waals surface area contributed by atoms with Crippen molar-refractivity contribution < 1.29 is 4.42 Å². The Bertz CT molecular complexity index is 3200. The molecule has 1 aromatic heterocycles. The molecule has 0 unspecified atom stereocenters. The van der Waals surface area contributed by atoms with Crippen LogP contribution in [0.3, 0.4) is 0 Å². The Hall–Kier alpha value is -7.16. The van der Waals surface area contributed by atoms with E-state index >= 15 is 0 Å². The molecule has 1 heterocycles. The van der Waals surface area contributed by atoms with E-state index < -0.39 is 0 Å². The molecule has 0 aliphatic rings. The first-order valence-electron chi connectivity index (χ1n) is 18.5. The Morgan fingerprint density at radius 3 is 1.72 bits per heavy atom. The Morgan fingerprint density at radius 1 is 0.333 bits per heavy atom. The molecule has 0 N–H and O–H groups in total. The molecule has 0 amide bonds. The zero-order valence-corrected chi connectivity index (χ0v) is 29.4. The van der Waals surface area contributed by atoms with Crippen LogP contribution in [-0.2, 0) is 0 Å². The fraction of sp³-hybridized carbons (Fsp3) is 0. The van der Waals surface area contributed by atoms with Crippen LogP contribution in [0.5, 0.6) is 0 Å². The van der Waals surface area contributed by atoms with Crippen molar-refractivity contribution in [2.45, 2.75) is 0 Å². The van der Waals surface area contributed by atoms with Crippen molar-refractivity contribution in [3.63, 3.8) is 0 Å². The third-order valence-electron chi connectivity index (χ3n) is 11.0. The van der Waals surface area contributed by atoms with Crippen molar-refractivity contribution in [2.24, 2.45) is 0 Å². The van der Waals surface area contributed by atoms with Crippen LogP contribution in [0.1, 0.15) is 0 Å². The van der Waals surface area contributed by atoms with Crippen LogP contribution in [0.4, 0.5) is 17.1 Å². The van der Waals surface area contributed by atoms with Crippen molar-refractivity contribution in [2.75, 3.05) is 4.90 Å². The van der Waals surface area contributed by atoms with E-state index in [0.29, 0.717) is 0 Å². The molecule has 10 aromatic carbocycles. The molecule has 0 radical (unpaired) electrons. The number of hydrogen-bond donors (Lipinski definition) is 0. The third kappa shape index (κ3) is 4.74. The highest BCUT2D eigenvalue weighted by Crippen LogP contribution is 2.47. The molecule has 54 heavy (non-hydrogen) atoms. The maximum atomic E-state index is 6.70. The predicted molar refractivity (Wildman–Crippen MR) is 229 cm³/mol. The van der Waals surface area contributed by atoms with E-state index in [1.807, 2.05) is 0 Å². The smallest absolute Gasteiger partial charge is 0.143 e. The Kier molecular flexibility index (Phi) is 6.90. The maximum absolute atomic E-state index is 6.70. The first-order valence-corrected chi connectivity index (χ1v) is 18.5. The summed E-state index contributed by atoms with van der Waals surface area (Å²) < 4.78 is 6.70. The van der Waals surface area contributed by atoms with Gasteiger partial charge in [0.15, 0.2) is 0 Å². The minimum atomic E-state index is 0.868. The maximum Gasteiger partial charge on any atom is 0.143 e. The Morgan fingerprint density at radius 2 is 0.926 bits per heavy atom. The average molecular weight is 688 g/mol. The lowest BCUT2D eigenvalue weighted by Gasteiger charge is -2.28. The van der Waals surface area contributed by atoms with Crippen molar-refractivity contribution in [3.8, 4) is 22.3 Å². The number of para-hydroxylation sites is 1. The van der Waals surface area contributed by atoms with Gasteiger partial charge in [-0.15, -0.1) is 0 Å². The topological polar surface area (TPSA) is 16.4 Å². The molecule has 252 valence electrons. The molecule has 0 fully saturated rings. The highest BCUT2D eigenvalue weighted by molar-refractivity contribution is 6.24. The number of benzene rings is 10. The van der Waals surface area contributed by atoms with E-state index in [0.717, 1.165) is 50.0 Å². The van der Waals surface area contributed by atoms with Gasteiger partial charge in [-0.1, -0.05) is 158 Å². The lowest BCUT2D eigenvalue weighted by molar-refractivity contribution is 0.672. The monoisotopic (exact) mass is 687 g/mol. The molecule has 2 heteroatoms. The van der Waals surface area contributed by atoms with Crippen LogP contribution in [0.2, 0.25) is 0 Å². The Balaban J connectivity index is 1.15. The minimum absolute atomic E-state index is 0.868. The number of furan rings is 1. The highest BCUT2D eigenvalue weighted by Gasteiger charge is 2.23. The van der Waals surface area contributed by atoms with E-state index in [4.69, 9.17) is 4.42 Å². The molecule has 0 atom stereocenters. The van der Waals surface area contributed by atoms with E-state index in [1.165, 1.54) is 54.4 Å². The van der Waals surface area contributed by atoms with Crippen molar-refractivity contribution in [3.05, 3.63) is 200 Å².